The van der Waals surface area contributed by atoms with Gasteiger partial charge in [0.15, 0.2) is 0 Å². The van der Waals surface area contributed by atoms with Gasteiger partial charge in [0.1, 0.15) is 4.34 Å². The summed E-state index contributed by atoms with van der Waals surface area (Å²) in [5.41, 5.74) is 1.54. The molecule has 1 N–H and O–H groups in total. The molecular formula is C21H24N2S2. The molecule has 0 spiro atoms. The van der Waals surface area contributed by atoms with Gasteiger partial charge in [-0.3, -0.25) is 0 Å². The van der Waals surface area contributed by atoms with Crippen molar-refractivity contribution in [3.63, 3.8) is 0 Å². The minimum Gasteiger partial charge on any atom is -0.375 e. The predicted octanol–water partition coefficient (Wildman–Crippen LogP) is 5.58. The lowest BCUT2D eigenvalue weighted by molar-refractivity contribution is -0.0135. The summed E-state index contributed by atoms with van der Waals surface area (Å²) in [5.74, 6) is 2.96. The van der Waals surface area contributed by atoms with Crippen LogP contribution >= 0.6 is 22.2 Å². The van der Waals surface area contributed by atoms with Crippen LogP contribution < -0.4 is 5.32 Å². The number of benzene rings is 1. The molecule has 2 heterocycles. The molecule has 4 heteroatoms. The molecule has 1 unspecified atom stereocenters. The number of rotatable bonds is 3. The molecule has 25 heavy (non-hydrogen) atoms. The van der Waals surface area contributed by atoms with Crippen LogP contribution in [0.15, 0.2) is 51.2 Å². The van der Waals surface area contributed by atoms with Crippen molar-refractivity contribution in [3.8, 4) is 0 Å². The van der Waals surface area contributed by atoms with Crippen LogP contribution in [0.25, 0.3) is 10.2 Å². The SMILES string of the molecule is C1=C[SH](c2nc3ccccc3s2)C(NC23CC4CC(CC(C4)C2)C3)=C1. The molecule has 1 aromatic heterocycles. The third-order valence-electron chi connectivity index (χ3n) is 6.67. The first-order valence-electron chi connectivity index (χ1n) is 9.58. The smallest absolute Gasteiger partial charge is 0.140 e. The topological polar surface area (TPSA) is 24.9 Å². The fraction of sp³-hybridized carbons (Fsp3) is 0.476. The van der Waals surface area contributed by atoms with E-state index < -0.39 is 10.9 Å². The summed E-state index contributed by atoms with van der Waals surface area (Å²) in [5, 5.41) is 7.95. The quantitative estimate of drug-likeness (QED) is 0.691. The largest absolute Gasteiger partial charge is 0.375 e. The summed E-state index contributed by atoms with van der Waals surface area (Å²) < 4.78 is 2.61. The lowest BCUT2D eigenvalue weighted by atomic mass is 9.53. The number of para-hydroxylation sites is 1. The molecule has 7 rings (SSSR count). The first-order chi connectivity index (χ1) is 12.3. The Hall–Kier alpha value is -1.26. The minimum atomic E-state index is -0.426. The highest BCUT2D eigenvalue weighted by atomic mass is 32.2. The van der Waals surface area contributed by atoms with Gasteiger partial charge in [0, 0.05) is 5.54 Å². The van der Waals surface area contributed by atoms with Crippen LogP contribution in [0.1, 0.15) is 38.5 Å². The van der Waals surface area contributed by atoms with Gasteiger partial charge in [0.2, 0.25) is 0 Å². The Bertz CT molecular complexity index is 826. The maximum Gasteiger partial charge on any atom is 0.140 e. The van der Waals surface area contributed by atoms with Crippen LogP contribution in [-0.4, -0.2) is 10.5 Å². The number of nitrogens with zero attached hydrogens (tertiary/aromatic N) is 1. The molecule has 2 aromatic rings. The molecule has 2 nitrogen and oxygen atoms in total. The Balaban J connectivity index is 1.30. The highest BCUT2D eigenvalue weighted by Crippen LogP contribution is 2.58. The van der Waals surface area contributed by atoms with E-state index in [1.54, 1.807) is 0 Å². The van der Waals surface area contributed by atoms with Crippen LogP contribution in [0.3, 0.4) is 0 Å². The van der Waals surface area contributed by atoms with Gasteiger partial charge in [-0.15, -0.1) is 22.2 Å². The van der Waals surface area contributed by atoms with Crippen LogP contribution in [-0.2, 0) is 0 Å². The first kappa shape index (κ1) is 14.9. The van der Waals surface area contributed by atoms with E-state index in [9.17, 15) is 0 Å². The molecule has 1 aromatic carbocycles. The Morgan fingerprint density at radius 1 is 1.04 bits per heavy atom. The van der Waals surface area contributed by atoms with Gasteiger partial charge < -0.3 is 5.32 Å². The summed E-state index contributed by atoms with van der Waals surface area (Å²) >= 11 is 1.88. The molecule has 4 fully saturated rings. The van der Waals surface area contributed by atoms with Gasteiger partial charge in [-0.2, -0.15) is 0 Å². The zero-order chi connectivity index (χ0) is 16.4. The van der Waals surface area contributed by atoms with Crippen molar-refractivity contribution in [2.45, 2.75) is 48.4 Å². The second-order valence-corrected chi connectivity index (χ2v) is 11.8. The minimum absolute atomic E-state index is 0.393. The van der Waals surface area contributed by atoms with Crippen LogP contribution in [0.4, 0.5) is 0 Å². The van der Waals surface area contributed by atoms with Gasteiger partial charge >= 0.3 is 0 Å². The standard InChI is InChI=1S/C21H24N2S2/c1-2-5-18-17(4-1)22-20(24-18)25-7-3-6-19(25)23-21-11-14-8-15(12-21)10-16(9-14)13-21/h1-7,14-16,23,25H,8-13H2. The number of allylic oxidation sites excluding steroid dienone is 2. The van der Waals surface area contributed by atoms with Crippen molar-refractivity contribution in [2.24, 2.45) is 17.8 Å². The number of hydrogen-bond donors (Lipinski definition) is 2. The van der Waals surface area contributed by atoms with Crippen molar-refractivity contribution >= 4 is 32.4 Å². The van der Waals surface area contributed by atoms with Gasteiger partial charge in [-0.25, -0.2) is 4.98 Å². The summed E-state index contributed by atoms with van der Waals surface area (Å²) in [6.07, 6.45) is 13.3. The Morgan fingerprint density at radius 3 is 2.48 bits per heavy atom. The van der Waals surface area contributed by atoms with E-state index in [-0.39, 0.29) is 0 Å². The molecule has 130 valence electrons. The monoisotopic (exact) mass is 368 g/mol. The van der Waals surface area contributed by atoms with Gasteiger partial charge in [0.05, 0.1) is 15.2 Å². The maximum atomic E-state index is 4.95. The summed E-state index contributed by atoms with van der Waals surface area (Å²) in [6, 6.07) is 8.54. The Labute approximate surface area is 155 Å². The van der Waals surface area contributed by atoms with E-state index in [0.29, 0.717) is 5.54 Å². The first-order valence-corrected chi connectivity index (χ1v) is 11.8. The van der Waals surface area contributed by atoms with Crippen molar-refractivity contribution in [2.75, 3.05) is 0 Å². The highest BCUT2D eigenvalue weighted by molar-refractivity contribution is 8.24. The molecule has 0 radical (unpaired) electrons. The third kappa shape index (κ3) is 2.41. The molecule has 4 saturated carbocycles. The van der Waals surface area contributed by atoms with Crippen molar-refractivity contribution in [3.05, 3.63) is 46.9 Å². The zero-order valence-electron chi connectivity index (χ0n) is 14.3. The number of aromatic nitrogens is 1. The number of thiol groups is 1. The maximum absolute atomic E-state index is 4.95. The van der Waals surface area contributed by atoms with Crippen LogP contribution in [0.5, 0.6) is 0 Å². The van der Waals surface area contributed by atoms with E-state index in [4.69, 9.17) is 4.98 Å². The third-order valence-corrected chi connectivity index (χ3v) is 10.1. The van der Waals surface area contributed by atoms with Gasteiger partial charge in [-0.05, 0) is 79.9 Å². The van der Waals surface area contributed by atoms with Crippen molar-refractivity contribution in [1.82, 2.24) is 10.3 Å². The molecule has 4 bridgehead atoms. The second kappa shape index (κ2) is 5.37. The average Bonchev–Trinajstić information content (AvgIpc) is 3.18. The molecular weight excluding hydrogens is 344 g/mol. The number of thiazole rings is 1. The summed E-state index contributed by atoms with van der Waals surface area (Å²) in [4.78, 5) is 4.95. The average molecular weight is 369 g/mol. The lowest BCUT2D eigenvalue weighted by Crippen LogP contribution is -2.57. The molecule has 1 atom stereocenters. The number of nitrogens with one attached hydrogen (secondary N) is 1. The molecule has 4 aliphatic carbocycles. The highest BCUT2D eigenvalue weighted by Gasteiger charge is 2.51. The van der Waals surface area contributed by atoms with Crippen LogP contribution in [0.2, 0.25) is 0 Å². The molecule has 0 amide bonds. The fourth-order valence-corrected chi connectivity index (χ4v) is 9.59. The summed E-state index contributed by atoms with van der Waals surface area (Å²) in [7, 11) is -0.426. The normalized spacial score (nSPS) is 39.9. The molecule has 5 aliphatic rings. The van der Waals surface area contributed by atoms with Gasteiger partial charge in [0.25, 0.3) is 0 Å². The Morgan fingerprint density at radius 2 is 1.76 bits per heavy atom. The van der Waals surface area contributed by atoms with Crippen molar-refractivity contribution in [1.29, 1.82) is 0 Å². The van der Waals surface area contributed by atoms with E-state index in [2.05, 4.69) is 47.1 Å². The predicted molar refractivity (Wildman–Crippen MR) is 108 cm³/mol. The van der Waals surface area contributed by atoms with E-state index in [1.165, 1.54) is 52.6 Å². The second-order valence-electron chi connectivity index (χ2n) is 8.55. The Kier molecular flexibility index (Phi) is 3.19. The van der Waals surface area contributed by atoms with Crippen molar-refractivity contribution < 1.29 is 0 Å². The molecule has 0 saturated heterocycles. The van der Waals surface area contributed by atoms with Crippen LogP contribution in [0, 0.1) is 17.8 Å². The fourth-order valence-electron chi connectivity index (χ4n) is 6.15. The summed E-state index contributed by atoms with van der Waals surface area (Å²) in [6.45, 7) is 0. The van der Waals surface area contributed by atoms with E-state index in [1.807, 2.05) is 11.3 Å². The van der Waals surface area contributed by atoms with Gasteiger partial charge in [-0.1, -0.05) is 18.2 Å². The number of hydrogen-bond acceptors (Lipinski definition) is 3. The molecule has 1 aliphatic heterocycles. The zero-order valence-corrected chi connectivity index (χ0v) is 16.0. The van der Waals surface area contributed by atoms with E-state index in [0.717, 1.165) is 23.3 Å². The number of fused-ring (bicyclic) bond motifs is 1. The lowest BCUT2D eigenvalue weighted by Gasteiger charge is -2.57. The van der Waals surface area contributed by atoms with E-state index >= 15 is 0 Å².